The fraction of sp³-hybridized carbons (Fsp3) is 0.375. The van der Waals surface area contributed by atoms with Gasteiger partial charge in [0, 0.05) is 10.3 Å². The van der Waals surface area contributed by atoms with Crippen molar-refractivity contribution in [3.05, 3.63) is 57.8 Å². The summed E-state index contributed by atoms with van der Waals surface area (Å²) in [6, 6.07) is 13.0. The van der Waals surface area contributed by atoms with E-state index in [9.17, 15) is 0 Å². The zero-order chi connectivity index (χ0) is 12.8. The summed E-state index contributed by atoms with van der Waals surface area (Å²) in [7, 11) is 0. The van der Waals surface area contributed by atoms with Crippen molar-refractivity contribution in [1.82, 2.24) is 0 Å². The van der Waals surface area contributed by atoms with Gasteiger partial charge in [-0.3, -0.25) is 0 Å². The number of aryl methyl sites for hydroxylation is 2. The van der Waals surface area contributed by atoms with Crippen LogP contribution in [0.15, 0.2) is 41.8 Å². The molecular formula is C16H19ClS. The summed E-state index contributed by atoms with van der Waals surface area (Å²) < 4.78 is 0. The largest absolute Gasteiger partial charge is 0.149 e. The first-order valence-corrected chi connectivity index (χ1v) is 7.77. The monoisotopic (exact) mass is 278 g/mol. The first kappa shape index (κ1) is 13.6. The van der Waals surface area contributed by atoms with Crippen LogP contribution in [0.3, 0.4) is 0 Å². The first-order valence-electron chi connectivity index (χ1n) is 6.46. The lowest BCUT2D eigenvalue weighted by molar-refractivity contribution is 0.690. The molecule has 96 valence electrons. The van der Waals surface area contributed by atoms with E-state index >= 15 is 0 Å². The van der Waals surface area contributed by atoms with Crippen LogP contribution >= 0.6 is 22.9 Å². The number of hydrogen-bond acceptors (Lipinski definition) is 1. The number of hydrogen-bond donors (Lipinski definition) is 0. The highest BCUT2D eigenvalue weighted by atomic mass is 35.5. The topological polar surface area (TPSA) is 0 Å². The summed E-state index contributed by atoms with van der Waals surface area (Å²) in [4.78, 5) is 1.47. The second-order valence-corrected chi connectivity index (χ2v) is 6.41. The average molecular weight is 279 g/mol. The van der Waals surface area contributed by atoms with Crippen molar-refractivity contribution >= 4 is 22.9 Å². The fourth-order valence-electron chi connectivity index (χ4n) is 2.15. The molecule has 0 aliphatic rings. The van der Waals surface area contributed by atoms with E-state index in [4.69, 9.17) is 11.6 Å². The molecule has 2 rings (SSSR count). The van der Waals surface area contributed by atoms with Gasteiger partial charge < -0.3 is 0 Å². The Morgan fingerprint density at radius 1 is 1.22 bits per heavy atom. The lowest BCUT2D eigenvalue weighted by Gasteiger charge is -2.09. The number of halogens is 1. The second kappa shape index (κ2) is 6.96. The predicted octanol–water partition coefficient (Wildman–Crippen LogP) is 5.23. The third kappa shape index (κ3) is 4.47. The van der Waals surface area contributed by atoms with Gasteiger partial charge in [-0.05, 0) is 49.6 Å². The number of rotatable bonds is 6. The Kier molecular flexibility index (Phi) is 5.27. The van der Waals surface area contributed by atoms with Gasteiger partial charge in [0.15, 0.2) is 0 Å². The van der Waals surface area contributed by atoms with Crippen LogP contribution in [0.5, 0.6) is 0 Å². The molecule has 0 saturated carbocycles. The molecule has 0 saturated heterocycles. The van der Waals surface area contributed by atoms with E-state index in [1.807, 2.05) is 11.3 Å². The summed E-state index contributed by atoms with van der Waals surface area (Å²) in [5.41, 5.74) is 2.67. The minimum absolute atomic E-state index is 0.256. The van der Waals surface area contributed by atoms with Crippen LogP contribution < -0.4 is 0 Å². The molecule has 0 spiro atoms. The van der Waals surface area contributed by atoms with Crippen molar-refractivity contribution in [3.8, 4) is 0 Å². The minimum atomic E-state index is 0.256. The lowest BCUT2D eigenvalue weighted by Crippen LogP contribution is -2.04. The summed E-state index contributed by atoms with van der Waals surface area (Å²) in [6.45, 7) is 2.13. The van der Waals surface area contributed by atoms with Crippen LogP contribution in [0.25, 0.3) is 0 Å². The molecule has 2 heteroatoms. The van der Waals surface area contributed by atoms with Crippen LogP contribution in [0.1, 0.15) is 28.8 Å². The van der Waals surface area contributed by atoms with Gasteiger partial charge in [-0.15, -0.1) is 22.9 Å². The van der Waals surface area contributed by atoms with Crippen LogP contribution in [0.4, 0.5) is 0 Å². The molecule has 0 amide bonds. The standard InChI is InChI=1S/C16H19ClS/c1-13-5-2-6-14(11-13)12-15(17)7-3-8-16-9-4-10-18-16/h2,4-6,9-11,15H,3,7-8,12H2,1H3. The molecule has 0 bridgehead atoms. The van der Waals surface area contributed by atoms with E-state index in [-0.39, 0.29) is 5.38 Å². The zero-order valence-corrected chi connectivity index (χ0v) is 12.3. The van der Waals surface area contributed by atoms with Gasteiger partial charge in [-0.1, -0.05) is 35.9 Å². The quantitative estimate of drug-likeness (QED) is 0.635. The van der Waals surface area contributed by atoms with Crippen molar-refractivity contribution in [3.63, 3.8) is 0 Å². The molecule has 0 N–H and O–H groups in total. The third-order valence-corrected chi connectivity index (χ3v) is 4.37. The Bertz CT molecular complexity index is 462. The van der Waals surface area contributed by atoms with Crippen LogP contribution in [0.2, 0.25) is 0 Å². The van der Waals surface area contributed by atoms with Crippen molar-refractivity contribution in [2.45, 2.75) is 38.0 Å². The molecule has 18 heavy (non-hydrogen) atoms. The van der Waals surface area contributed by atoms with E-state index in [0.29, 0.717) is 0 Å². The Morgan fingerprint density at radius 2 is 2.11 bits per heavy atom. The van der Waals surface area contributed by atoms with Gasteiger partial charge in [0.1, 0.15) is 0 Å². The Morgan fingerprint density at radius 3 is 2.83 bits per heavy atom. The zero-order valence-electron chi connectivity index (χ0n) is 10.7. The van der Waals surface area contributed by atoms with Crippen molar-refractivity contribution in [2.75, 3.05) is 0 Å². The van der Waals surface area contributed by atoms with Crippen molar-refractivity contribution < 1.29 is 0 Å². The maximum Gasteiger partial charge on any atom is 0.0376 e. The van der Waals surface area contributed by atoms with Crippen LogP contribution in [-0.4, -0.2) is 5.38 Å². The molecule has 0 nitrogen and oxygen atoms in total. The lowest BCUT2D eigenvalue weighted by atomic mass is 10.0. The maximum atomic E-state index is 6.41. The van der Waals surface area contributed by atoms with Crippen molar-refractivity contribution in [1.29, 1.82) is 0 Å². The minimum Gasteiger partial charge on any atom is -0.149 e. The molecule has 1 atom stereocenters. The fourth-order valence-corrected chi connectivity index (χ4v) is 3.23. The number of benzene rings is 1. The molecule has 1 aromatic carbocycles. The third-order valence-electron chi connectivity index (χ3n) is 3.06. The molecule has 0 fully saturated rings. The van der Waals surface area contributed by atoms with E-state index in [2.05, 4.69) is 48.7 Å². The van der Waals surface area contributed by atoms with Gasteiger partial charge in [-0.25, -0.2) is 0 Å². The van der Waals surface area contributed by atoms with Crippen molar-refractivity contribution in [2.24, 2.45) is 0 Å². The summed E-state index contributed by atoms with van der Waals surface area (Å²) in [6.07, 6.45) is 4.41. The van der Waals surface area contributed by atoms with Gasteiger partial charge >= 0.3 is 0 Å². The van der Waals surface area contributed by atoms with Gasteiger partial charge in [0.05, 0.1) is 0 Å². The Labute approximate surface area is 119 Å². The molecule has 1 heterocycles. The summed E-state index contributed by atoms with van der Waals surface area (Å²) >= 11 is 8.25. The summed E-state index contributed by atoms with van der Waals surface area (Å²) in [5, 5.41) is 2.40. The predicted molar refractivity (Wildman–Crippen MR) is 81.8 cm³/mol. The molecule has 0 radical (unpaired) electrons. The Balaban J connectivity index is 1.73. The van der Waals surface area contributed by atoms with Gasteiger partial charge in [-0.2, -0.15) is 0 Å². The van der Waals surface area contributed by atoms with Crippen LogP contribution in [-0.2, 0) is 12.8 Å². The normalized spacial score (nSPS) is 12.6. The van der Waals surface area contributed by atoms with E-state index in [1.54, 1.807) is 0 Å². The molecule has 1 aromatic heterocycles. The van der Waals surface area contributed by atoms with E-state index in [0.717, 1.165) is 19.3 Å². The van der Waals surface area contributed by atoms with E-state index in [1.165, 1.54) is 22.4 Å². The molecule has 2 aromatic rings. The smallest absolute Gasteiger partial charge is 0.0376 e. The first-order chi connectivity index (χ1) is 8.74. The summed E-state index contributed by atoms with van der Waals surface area (Å²) in [5.74, 6) is 0. The highest BCUT2D eigenvalue weighted by Crippen LogP contribution is 2.17. The van der Waals surface area contributed by atoms with Gasteiger partial charge in [0.2, 0.25) is 0 Å². The van der Waals surface area contributed by atoms with Gasteiger partial charge in [0.25, 0.3) is 0 Å². The number of thiophene rings is 1. The molecule has 0 aliphatic carbocycles. The average Bonchev–Trinajstić information content (AvgIpc) is 2.82. The molecule has 0 aliphatic heterocycles. The highest BCUT2D eigenvalue weighted by Gasteiger charge is 2.06. The molecule has 1 unspecified atom stereocenters. The SMILES string of the molecule is Cc1cccc(CC(Cl)CCCc2cccs2)c1. The number of alkyl halides is 1. The molecular weight excluding hydrogens is 260 g/mol. The van der Waals surface area contributed by atoms with Crippen LogP contribution in [0, 0.1) is 6.92 Å². The van der Waals surface area contributed by atoms with E-state index < -0.39 is 0 Å². The maximum absolute atomic E-state index is 6.41. The second-order valence-electron chi connectivity index (χ2n) is 4.76. The highest BCUT2D eigenvalue weighted by molar-refractivity contribution is 7.09. The Hall–Kier alpha value is -0.790.